The number of carbonyl (C=O) groups excluding carboxylic acids is 2. The van der Waals surface area contributed by atoms with E-state index in [-0.39, 0.29) is 40.8 Å². The van der Waals surface area contributed by atoms with Gasteiger partial charge < -0.3 is 20.0 Å². The van der Waals surface area contributed by atoms with Crippen LogP contribution in [0.3, 0.4) is 0 Å². The Hall–Kier alpha value is -3.09. The molecule has 2 aromatic carbocycles. The van der Waals surface area contributed by atoms with Gasteiger partial charge in [-0.1, -0.05) is 6.92 Å². The lowest BCUT2D eigenvalue weighted by atomic mass is 10.0. The zero-order valence-corrected chi connectivity index (χ0v) is 16.8. The number of nitrogens with zero attached hydrogens (tertiary/aromatic N) is 2. The van der Waals surface area contributed by atoms with Crippen molar-refractivity contribution in [1.82, 2.24) is 4.90 Å². The molecule has 2 N–H and O–H groups in total. The minimum Gasteiger partial charge on any atom is -0.504 e. The lowest BCUT2D eigenvalue weighted by Gasteiger charge is -2.24. The molecule has 4 rings (SSSR count). The van der Waals surface area contributed by atoms with Gasteiger partial charge in [0.2, 0.25) is 0 Å². The van der Waals surface area contributed by atoms with Gasteiger partial charge in [0.25, 0.3) is 5.91 Å². The van der Waals surface area contributed by atoms with E-state index in [4.69, 9.17) is 0 Å². The number of ketones is 1. The molecular formula is C23H25FN2O4. The Morgan fingerprint density at radius 2 is 1.63 bits per heavy atom. The number of likely N-dealkylation sites (tertiary alicyclic amines) is 1. The first-order chi connectivity index (χ1) is 14.4. The van der Waals surface area contributed by atoms with Gasteiger partial charge in [-0.05, 0) is 42.8 Å². The third-order valence-corrected chi connectivity index (χ3v) is 6.08. The highest BCUT2D eigenvalue weighted by atomic mass is 19.1. The normalized spacial score (nSPS) is 20.5. The molecule has 1 amide bonds. The van der Waals surface area contributed by atoms with E-state index in [1.807, 2.05) is 11.8 Å². The molecule has 2 atom stereocenters. The molecule has 7 heteroatoms. The van der Waals surface area contributed by atoms with Crippen LogP contribution in [-0.4, -0.2) is 53.0 Å². The van der Waals surface area contributed by atoms with Crippen LogP contribution in [0.4, 0.5) is 10.1 Å². The van der Waals surface area contributed by atoms with Crippen molar-refractivity contribution in [3.05, 3.63) is 53.3 Å². The molecule has 0 aromatic heterocycles. The molecule has 0 aliphatic carbocycles. The van der Waals surface area contributed by atoms with E-state index in [0.29, 0.717) is 49.4 Å². The number of amides is 1. The van der Waals surface area contributed by atoms with E-state index < -0.39 is 0 Å². The largest absolute Gasteiger partial charge is 0.504 e. The molecule has 2 unspecified atom stereocenters. The number of halogens is 1. The third kappa shape index (κ3) is 3.72. The lowest BCUT2D eigenvalue weighted by Crippen LogP contribution is -2.33. The number of phenols is 2. The first kappa shape index (κ1) is 20.2. The topological polar surface area (TPSA) is 81.1 Å². The highest BCUT2D eigenvalue weighted by Crippen LogP contribution is 2.36. The van der Waals surface area contributed by atoms with Gasteiger partial charge in [-0.15, -0.1) is 0 Å². The third-order valence-electron chi connectivity index (χ3n) is 6.08. The number of phenolic OH excluding ortho intramolecular Hbond substituents is 2. The van der Waals surface area contributed by atoms with Crippen molar-refractivity contribution in [3.63, 3.8) is 0 Å². The summed E-state index contributed by atoms with van der Waals surface area (Å²) in [5, 5.41) is 19.1. The standard InChI is InChI=1S/C23H25FN2O4/c1-2-3-20(27)14-4-6-19(18(24)8-14)25-10-16-12-26(13-17(16)11-25)23(30)15-5-7-21(28)22(29)9-15/h4-9,16-17,28-29H,2-3,10-13H2,1H3. The summed E-state index contributed by atoms with van der Waals surface area (Å²) in [6.45, 7) is 4.35. The van der Waals surface area contributed by atoms with Crippen LogP contribution in [0.15, 0.2) is 36.4 Å². The van der Waals surface area contributed by atoms with Crippen molar-refractivity contribution in [2.24, 2.45) is 11.8 Å². The molecule has 2 aliphatic heterocycles. The number of rotatable bonds is 5. The molecule has 0 bridgehead atoms. The fourth-order valence-corrected chi connectivity index (χ4v) is 4.50. The summed E-state index contributed by atoms with van der Waals surface area (Å²) in [4.78, 5) is 28.5. The summed E-state index contributed by atoms with van der Waals surface area (Å²) in [7, 11) is 0. The molecule has 158 valence electrons. The van der Waals surface area contributed by atoms with Gasteiger partial charge in [0.05, 0.1) is 5.69 Å². The Morgan fingerprint density at radius 3 is 2.23 bits per heavy atom. The molecule has 2 heterocycles. The quantitative estimate of drug-likeness (QED) is 0.581. The molecule has 0 radical (unpaired) electrons. The van der Waals surface area contributed by atoms with Crippen molar-refractivity contribution < 1.29 is 24.2 Å². The first-order valence-corrected chi connectivity index (χ1v) is 10.3. The molecule has 6 nitrogen and oxygen atoms in total. The fraction of sp³-hybridized carbons (Fsp3) is 0.391. The average Bonchev–Trinajstić information content (AvgIpc) is 3.29. The Bertz CT molecular complexity index is 979. The number of benzene rings is 2. The number of Topliss-reactive ketones (excluding diaryl/α,β-unsaturated/α-hetero) is 1. The van der Waals surface area contributed by atoms with Crippen molar-refractivity contribution in [1.29, 1.82) is 0 Å². The SMILES string of the molecule is CCCC(=O)c1ccc(N2CC3CN(C(=O)c4ccc(O)c(O)c4)CC3C2)c(F)c1. The summed E-state index contributed by atoms with van der Waals surface area (Å²) in [6.07, 6.45) is 1.14. The summed E-state index contributed by atoms with van der Waals surface area (Å²) in [5.74, 6) is -0.718. The zero-order chi connectivity index (χ0) is 21.4. The van der Waals surface area contributed by atoms with Gasteiger partial charge >= 0.3 is 0 Å². The zero-order valence-electron chi connectivity index (χ0n) is 16.8. The van der Waals surface area contributed by atoms with E-state index in [0.717, 1.165) is 6.42 Å². The molecular weight excluding hydrogens is 387 g/mol. The maximum absolute atomic E-state index is 14.7. The Labute approximate surface area is 174 Å². The van der Waals surface area contributed by atoms with Gasteiger partial charge in [0.15, 0.2) is 17.3 Å². The maximum Gasteiger partial charge on any atom is 0.254 e. The second-order valence-corrected chi connectivity index (χ2v) is 8.18. The van der Waals surface area contributed by atoms with Gasteiger partial charge in [-0.3, -0.25) is 9.59 Å². The van der Waals surface area contributed by atoms with E-state index >= 15 is 0 Å². The molecule has 2 aliphatic rings. The highest BCUT2D eigenvalue weighted by molar-refractivity contribution is 5.96. The number of hydrogen-bond donors (Lipinski definition) is 2. The van der Waals surface area contributed by atoms with Gasteiger partial charge in [0.1, 0.15) is 5.82 Å². The van der Waals surface area contributed by atoms with E-state index in [9.17, 15) is 24.2 Å². The second-order valence-electron chi connectivity index (χ2n) is 8.18. The monoisotopic (exact) mass is 412 g/mol. The molecule has 2 saturated heterocycles. The summed E-state index contributed by atoms with van der Waals surface area (Å²) in [5.41, 5.74) is 1.24. The molecule has 0 spiro atoms. The molecule has 0 saturated carbocycles. The minimum absolute atomic E-state index is 0.0457. The summed E-state index contributed by atoms with van der Waals surface area (Å²) < 4.78 is 14.7. The van der Waals surface area contributed by atoms with Crippen LogP contribution in [0.25, 0.3) is 0 Å². The van der Waals surface area contributed by atoms with E-state index in [1.54, 1.807) is 17.0 Å². The number of hydrogen-bond acceptors (Lipinski definition) is 5. The van der Waals surface area contributed by atoms with E-state index in [1.165, 1.54) is 24.3 Å². The predicted molar refractivity (Wildman–Crippen MR) is 111 cm³/mol. The highest BCUT2D eigenvalue weighted by Gasteiger charge is 2.42. The number of fused-ring (bicyclic) bond motifs is 1. The van der Waals surface area contributed by atoms with Gasteiger partial charge in [-0.2, -0.15) is 0 Å². The van der Waals surface area contributed by atoms with Gasteiger partial charge in [0, 0.05) is 55.6 Å². The van der Waals surface area contributed by atoms with Gasteiger partial charge in [-0.25, -0.2) is 4.39 Å². The molecule has 2 aromatic rings. The van der Waals surface area contributed by atoms with Crippen LogP contribution >= 0.6 is 0 Å². The maximum atomic E-state index is 14.7. The molecule has 30 heavy (non-hydrogen) atoms. The van der Waals surface area contributed by atoms with Crippen LogP contribution in [0, 0.1) is 17.7 Å². The van der Waals surface area contributed by atoms with Crippen LogP contribution in [0.1, 0.15) is 40.5 Å². The predicted octanol–water partition coefficient (Wildman–Crippen LogP) is 3.43. The van der Waals surface area contributed by atoms with Crippen molar-refractivity contribution >= 4 is 17.4 Å². The number of anilines is 1. The van der Waals surface area contributed by atoms with Crippen molar-refractivity contribution in [2.45, 2.75) is 19.8 Å². The smallest absolute Gasteiger partial charge is 0.254 e. The van der Waals surface area contributed by atoms with Crippen molar-refractivity contribution in [3.8, 4) is 11.5 Å². The molecule has 2 fully saturated rings. The average molecular weight is 412 g/mol. The fourth-order valence-electron chi connectivity index (χ4n) is 4.50. The second kappa shape index (κ2) is 7.97. The van der Waals surface area contributed by atoms with Crippen LogP contribution in [0.5, 0.6) is 11.5 Å². The van der Waals surface area contributed by atoms with Crippen LogP contribution in [0.2, 0.25) is 0 Å². The number of aromatic hydroxyl groups is 2. The van der Waals surface area contributed by atoms with E-state index in [2.05, 4.69) is 0 Å². The summed E-state index contributed by atoms with van der Waals surface area (Å²) in [6, 6.07) is 8.77. The van der Waals surface area contributed by atoms with Crippen LogP contribution in [-0.2, 0) is 0 Å². The number of carbonyl (C=O) groups is 2. The van der Waals surface area contributed by atoms with Crippen molar-refractivity contribution in [2.75, 3.05) is 31.1 Å². The van der Waals surface area contributed by atoms with Crippen LogP contribution < -0.4 is 4.90 Å². The minimum atomic E-state index is -0.385. The Balaban J connectivity index is 1.41. The Kier molecular flexibility index (Phi) is 5.37. The first-order valence-electron chi connectivity index (χ1n) is 10.3. The lowest BCUT2D eigenvalue weighted by molar-refractivity contribution is 0.0782. The Morgan fingerprint density at radius 1 is 0.967 bits per heavy atom. The summed E-state index contributed by atoms with van der Waals surface area (Å²) >= 11 is 0.